The molecule has 0 spiro atoms. The molecule has 3 aromatic rings. The Bertz CT molecular complexity index is 1210. The standard InChI is InChI=1S/C23H17ClN4O2/c1-26-22(18-6-2-4-8-20(18)29)28-23(19-7-3-5-9-21(19)30)27-14-16-10-15(13-25)11-17(24)12-16/h2-12,14,29-30H,1H3/b26-22-,27-14+,28-23-. The Balaban J connectivity index is 2.11. The molecule has 2 N–H and O–H groups in total. The maximum atomic E-state index is 10.3. The van der Waals surface area contributed by atoms with Gasteiger partial charge < -0.3 is 10.2 Å². The summed E-state index contributed by atoms with van der Waals surface area (Å²) in [5.74, 6) is 0.434. The molecule has 0 bridgehead atoms. The molecular weight excluding hydrogens is 400 g/mol. The normalized spacial score (nSPS) is 12.2. The molecule has 6 nitrogen and oxygen atoms in total. The Labute approximate surface area is 178 Å². The van der Waals surface area contributed by atoms with E-state index >= 15 is 0 Å². The van der Waals surface area contributed by atoms with E-state index in [4.69, 9.17) is 16.9 Å². The molecule has 0 heterocycles. The van der Waals surface area contributed by atoms with Crippen molar-refractivity contribution in [2.24, 2.45) is 15.0 Å². The third-order valence-corrected chi connectivity index (χ3v) is 4.32. The summed E-state index contributed by atoms with van der Waals surface area (Å²) in [5, 5.41) is 30.0. The third kappa shape index (κ3) is 4.90. The van der Waals surface area contributed by atoms with Crippen LogP contribution in [0, 0.1) is 11.3 Å². The molecule has 148 valence electrons. The van der Waals surface area contributed by atoms with E-state index in [-0.39, 0.29) is 23.2 Å². The van der Waals surface area contributed by atoms with E-state index in [9.17, 15) is 10.2 Å². The number of nitriles is 1. The Kier molecular flexibility index (Phi) is 6.58. The number of phenols is 2. The van der Waals surface area contributed by atoms with Gasteiger partial charge in [0.15, 0.2) is 11.7 Å². The number of aromatic hydroxyl groups is 2. The number of para-hydroxylation sites is 2. The van der Waals surface area contributed by atoms with Crippen LogP contribution in [0.2, 0.25) is 5.02 Å². The highest BCUT2D eigenvalue weighted by molar-refractivity contribution is 6.31. The highest BCUT2D eigenvalue weighted by Crippen LogP contribution is 2.21. The lowest BCUT2D eigenvalue weighted by atomic mass is 10.1. The number of rotatable bonds is 3. The Hall–Kier alpha value is -3.95. The maximum Gasteiger partial charge on any atom is 0.165 e. The quantitative estimate of drug-likeness (QED) is 0.483. The monoisotopic (exact) mass is 416 g/mol. The fraction of sp³-hybridized carbons (Fsp3) is 0.0435. The summed E-state index contributed by atoms with van der Waals surface area (Å²) in [7, 11) is 1.55. The minimum atomic E-state index is -0.00931. The van der Waals surface area contributed by atoms with Crippen LogP contribution in [0.5, 0.6) is 11.5 Å². The van der Waals surface area contributed by atoms with Gasteiger partial charge >= 0.3 is 0 Å². The van der Waals surface area contributed by atoms with Gasteiger partial charge in [0, 0.05) is 18.3 Å². The molecule has 3 rings (SSSR count). The number of hydrogen-bond donors (Lipinski definition) is 2. The fourth-order valence-corrected chi connectivity index (χ4v) is 2.95. The molecule has 0 atom stereocenters. The smallest absolute Gasteiger partial charge is 0.165 e. The lowest BCUT2D eigenvalue weighted by Crippen LogP contribution is -2.06. The molecular formula is C23H17ClN4O2. The largest absolute Gasteiger partial charge is 0.507 e. The third-order valence-electron chi connectivity index (χ3n) is 4.10. The second-order valence-corrected chi connectivity index (χ2v) is 6.60. The fourth-order valence-electron chi connectivity index (χ4n) is 2.70. The van der Waals surface area contributed by atoms with E-state index in [1.165, 1.54) is 18.3 Å². The lowest BCUT2D eigenvalue weighted by Gasteiger charge is -2.07. The van der Waals surface area contributed by atoms with E-state index in [0.29, 0.717) is 27.3 Å². The van der Waals surface area contributed by atoms with Crippen LogP contribution in [0.4, 0.5) is 0 Å². The lowest BCUT2D eigenvalue weighted by molar-refractivity contribution is 0.474. The van der Waals surface area contributed by atoms with Crippen molar-refractivity contribution in [1.82, 2.24) is 0 Å². The highest BCUT2D eigenvalue weighted by atomic mass is 35.5. The van der Waals surface area contributed by atoms with Gasteiger partial charge in [-0.3, -0.25) is 4.99 Å². The van der Waals surface area contributed by atoms with Crippen molar-refractivity contribution in [3.8, 4) is 17.6 Å². The van der Waals surface area contributed by atoms with Gasteiger partial charge in [-0.05, 0) is 48.0 Å². The van der Waals surface area contributed by atoms with Crippen molar-refractivity contribution in [3.63, 3.8) is 0 Å². The van der Waals surface area contributed by atoms with Crippen LogP contribution >= 0.6 is 11.6 Å². The molecule has 0 amide bonds. The predicted octanol–water partition coefficient (Wildman–Crippen LogP) is 4.57. The summed E-state index contributed by atoms with van der Waals surface area (Å²) < 4.78 is 0. The minimum absolute atomic E-state index is 0.00931. The minimum Gasteiger partial charge on any atom is -0.507 e. The first kappa shape index (κ1) is 20.8. The van der Waals surface area contributed by atoms with E-state index in [0.717, 1.165) is 0 Å². The summed E-state index contributed by atoms with van der Waals surface area (Å²) in [4.78, 5) is 13.1. The van der Waals surface area contributed by atoms with Gasteiger partial charge in [-0.1, -0.05) is 35.9 Å². The molecule has 30 heavy (non-hydrogen) atoms. The van der Waals surface area contributed by atoms with E-state index in [1.54, 1.807) is 61.6 Å². The molecule has 0 aliphatic rings. The molecule has 0 fully saturated rings. The first-order valence-corrected chi connectivity index (χ1v) is 9.26. The molecule has 0 saturated carbocycles. The zero-order chi connectivity index (χ0) is 21.5. The van der Waals surface area contributed by atoms with Crippen LogP contribution in [0.3, 0.4) is 0 Å². The van der Waals surface area contributed by atoms with Gasteiger partial charge in [0.1, 0.15) is 11.5 Å². The zero-order valence-corrected chi connectivity index (χ0v) is 16.7. The van der Waals surface area contributed by atoms with Crippen LogP contribution in [0.1, 0.15) is 22.3 Å². The molecule has 0 aliphatic carbocycles. The van der Waals surface area contributed by atoms with Crippen LogP contribution in [-0.2, 0) is 0 Å². The van der Waals surface area contributed by atoms with E-state index in [2.05, 4.69) is 15.0 Å². The Morgan fingerprint density at radius 3 is 2.10 bits per heavy atom. The average molecular weight is 417 g/mol. The van der Waals surface area contributed by atoms with Crippen molar-refractivity contribution in [3.05, 3.63) is 94.0 Å². The van der Waals surface area contributed by atoms with E-state index < -0.39 is 0 Å². The molecule has 0 radical (unpaired) electrons. The molecule has 0 aromatic heterocycles. The summed E-state index contributed by atoms with van der Waals surface area (Å²) in [5.41, 5.74) is 1.81. The number of benzene rings is 3. The average Bonchev–Trinajstić information content (AvgIpc) is 2.75. The van der Waals surface area contributed by atoms with Crippen molar-refractivity contribution < 1.29 is 10.2 Å². The first-order chi connectivity index (χ1) is 14.5. The SMILES string of the molecule is C\N=C(/N=C(\N=C\c1cc(Cl)cc(C#N)c1)c1ccccc1O)c1ccccc1O. The summed E-state index contributed by atoms with van der Waals surface area (Å²) >= 11 is 6.06. The van der Waals surface area contributed by atoms with Crippen LogP contribution in [0.25, 0.3) is 0 Å². The number of phenolic OH excluding ortho intramolecular Hbond substituents is 2. The van der Waals surface area contributed by atoms with E-state index in [1.807, 2.05) is 6.07 Å². The van der Waals surface area contributed by atoms with Gasteiger partial charge in [-0.15, -0.1) is 0 Å². The van der Waals surface area contributed by atoms with Gasteiger partial charge in [-0.25, -0.2) is 9.98 Å². The van der Waals surface area contributed by atoms with Gasteiger partial charge in [0.2, 0.25) is 0 Å². The summed E-state index contributed by atoms with van der Waals surface area (Å²) in [6, 6.07) is 20.2. The number of amidine groups is 2. The van der Waals surface area contributed by atoms with Crippen molar-refractivity contribution in [2.45, 2.75) is 0 Å². The van der Waals surface area contributed by atoms with Crippen molar-refractivity contribution >= 4 is 29.5 Å². The predicted molar refractivity (Wildman–Crippen MR) is 119 cm³/mol. The topological polar surface area (TPSA) is 101 Å². The van der Waals surface area contributed by atoms with Crippen LogP contribution in [0.15, 0.2) is 81.7 Å². The number of hydrogen-bond acceptors (Lipinski definition) is 4. The highest BCUT2D eigenvalue weighted by Gasteiger charge is 2.12. The molecule has 3 aromatic carbocycles. The summed E-state index contributed by atoms with van der Waals surface area (Å²) in [6.07, 6.45) is 1.50. The van der Waals surface area contributed by atoms with Crippen LogP contribution in [-0.4, -0.2) is 35.1 Å². The van der Waals surface area contributed by atoms with Crippen molar-refractivity contribution in [1.29, 1.82) is 5.26 Å². The van der Waals surface area contributed by atoms with Crippen LogP contribution < -0.4 is 0 Å². The van der Waals surface area contributed by atoms with Gasteiger partial charge in [-0.2, -0.15) is 5.26 Å². The number of aliphatic imine (C=N–C) groups is 3. The number of nitrogens with zero attached hydrogens (tertiary/aromatic N) is 4. The Morgan fingerprint density at radius 2 is 1.53 bits per heavy atom. The summed E-state index contributed by atoms with van der Waals surface area (Å²) in [6.45, 7) is 0. The van der Waals surface area contributed by atoms with Crippen molar-refractivity contribution in [2.75, 3.05) is 7.05 Å². The molecule has 0 saturated heterocycles. The molecule has 0 unspecified atom stereocenters. The second kappa shape index (κ2) is 9.50. The maximum absolute atomic E-state index is 10.3. The number of halogens is 1. The second-order valence-electron chi connectivity index (χ2n) is 6.16. The molecule has 7 heteroatoms. The molecule has 0 aliphatic heterocycles. The zero-order valence-electron chi connectivity index (χ0n) is 16.0. The Morgan fingerprint density at radius 1 is 0.933 bits per heavy atom. The van der Waals surface area contributed by atoms with Gasteiger partial charge in [0.05, 0.1) is 22.8 Å². The van der Waals surface area contributed by atoms with Gasteiger partial charge in [0.25, 0.3) is 0 Å². The first-order valence-electron chi connectivity index (χ1n) is 8.89.